The monoisotopic (exact) mass is 346 g/mol. The summed E-state index contributed by atoms with van der Waals surface area (Å²) in [4.78, 5) is 18.8. The molecule has 4 nitrogen and oxygen atoms in total. The van der Waals surface area contributed by atoms with Crippen molar-refractivity contribution in [2.45, 2.75) is 46.4 Å². The highest BCUT2D eigenvalue weighted by Crippen LogP contribution is 2.23. The van der Waals surface area contributed by atoms with Crippen LogP contribution in [0.3, 0.4) is 0 Å². The number of hydrogen-bond donors (Lipinski definition) is 0. The Kier molecular flexibility index (Phi) is 6.21. The van der Waals surface area contributed by atoms with Crippen molar-refractivity contribution >= 4 is 17.5 Å². The van der Waals surface area contributed by atoms with Crippen molar-refractivity contribution in [2.24, 2.45) is 0 Å². The Hall–Kier alpha value is -2.07. The minimum absolute atomic E-state index is 0.0233. The predicted molar refractivity (Wildman–Crippen MR) is 96.5 cm³/mol. The van der Waals surface area contributed by atoms with Crippen molar-refractivity contribution in [3.63, 3.8) is 0 Å². The number of aromatic nitrogens is 1. The van der Waals surface area contributed by atoms with Gasteiger partial charge in [0.05, 0.1) is 5.56 Å². The lowest BCUT2D eigenvalue weighted by Crippen LogP contribution is -2.42. The smallest absolute Gasteiger partial charge is 0.258 e. The highest BCUT2D eigenvalue weighted by molar-refractivity contribution is 6.29. The molecule has 0 saturated heterocycles. The van der Waals surface area contributed by atoms with Crippen molar-refractivity contribution < 1.29 is 9.53 Å². The SMILES string of the molecule is CC(C)N(C(=O)c1ccccc1OCc1ccc(Cl)nc1)C(C)C. The van der Waals surface area contributed by atoms with Gasteiger partial charge in [0, 0.05) is 23.8 Å². The van der Waals surface area contributed by atoms with E-state index in [1.165, 1.54) is 0 Å². The Balaban J connectivity index is 2.20. The van der Waals surface area contributed by atoms with Gasteiger partial charge in [0.2, 0.25) is 0 Å². The molecule has 0 spiro atoms. The Labute approximate surface area is 148 Å². The van der Waals surface area contributed by atoms with Gasteiger partial charge in [0.1, 0.15) is 17.5 Å². The van der Waals surface area contributed by atoms with Gasteiger partial charge in [-0.15, -0.1) is 0 Å². The Morgan fingerprint density at radius 2 is 1.79 bits per heavy atom. The fourth-order valence-corrected chi connectivity index (χ4v) is 2.74. The van der Waals surface area contributed by atoms with Crippen molar-refractivity contribution in [3.05, 3.63) is 58.9 Å². The summed E-state index contributed by atoms with van der Waals surface area (Å²) in [5.74, 6) is 0.550. The first-order valence-corrected chi connectivity index (χ1v) is 8.43. The van der Waals surface area contributed by atoms with E-state index in [2.05, 4.69) is 4.98 Å². The van der Waals surface area contributed by atoms with Crippen LogP contribution in [-0.2, 0) is 6.61 Å². The highest BCUT2D eigenvalue weighted by atomic mass is 35.5. The van der Waals surface area contributed by atoms with Crippen LogP contribution in [0.2, 0.25) is 5.15 Å². The molecular formula is C19H23ClN2O2. The maximum atomic E-state index is 12.9. The molecule has 1 amide bonds. The van der Waals surface area contributed by atoms with E-state index in [1.54, 1.807) is 18.3 Å². The second-order valence-corrected chi connectivity index (χ2v) is 6.56. The van der Waals surface area contributed by atoms with Gasteiger partial charge in [-0.05, 0) is 45.9 Å². The lowest BCUT2D eigenvalue weighted by molar-refractivity contribution is 0.0639. The molecule has 24 heavy (non-hydrogen) atoms. The van der Waals surface area contributed by atoms with Crippen LogP contribution in [0.25, 0.3) is 0 Å². The van der Waals surface area contributed by atoms with Gasteiger partial charge in [-0.3, -0.25) is 4.79 Å². The van der Waals surface area contributed by atoms with Crippen molar-refractivity contribution in [1.82, 2.24) is 9.88 Å². The van der Waals surface area contributed by atoms with Gasteiger partial charge in [-0.1, -0.05) is 29.8 Å². The van der Waals surface area contributed by atoms with E-state index in [0.29, 0.717) is 23.1 Å². The number of pyridine rings is 1. The molecule has 0 atom stereocenters. The minimum Gasteiger partial charge on any atom is -0.488 e. The maximum absolute atomic E-state index is 12.9. The largest absolute Gasteiger partial charge is 0.488 e. The molecule has 0 aliphatic carbocycles. The molecule has 0 bridgehead atoms. The van der Waals surface area contributed by atoms with E-state index in [4.69, 9.17) is 16.3 Å². The molecule has 0 saturated carbocycles. The zero-order chi connectivity index (χ0) is 17.7. The van der Waals surface area contributed by atoms with Gasteiger partial charge in [-0.25, -0.2) is 4.98 Å². The van der Waals surface area contributed by atoms with E-state index in [0.717, 1.165) is 5.56 Å². The number of halogens is 1. The summed E-state index contributed by atoms with van der Waals surface area (Å²) in [5, 5.41) is 0.443. The first-order chi connectivity index (χ1) is 11.4. The molecule has 0 N–H and O–H groups in total. The maximum Gasteiger partial charge on any atom is 0.258 e. The summed E-state index contributed by atoms with van der Waals surface area (Å²) in [6.07, 6.45) is 1.67. The van der Waals surface area contributed by atoms with Crippen LogP contribution in [0.1, 0.15) is 43.6 Å². The standard InChI is InChI=1S/C19H23ClN2O2/c1-13(2)22(14(3)4)19(23)16-7-5-6-8-17(16)24-12-15-9-10-18(20)21-11-15/h5-11,13-14H,12H2,1-4H3. The molecule has 1 heterocycles. The third-order valence-electron chi connectivity index (χ3n) is 3.65. The quantitative estimate of drug-likeness (QED) is 0.719. The van der Waals surface area contributed by atoms with E-state index in [-0.39, 0.29) is 18.0 Å². The van der Waals surface area contributed by atoms with Crippen molar-refractivity contribution in [3.8, 4) is 5.75 Å². The normalized spacial score (nSPS) is 11.0. The van der Waals surface area contributed by atoms with Crippen LogP contribution in [0, 0.1) is 0 Å². The Morgan fingerprint density at radius 3 is 2.38 bits per heavy atom. The molecule has 1 aromatic heterocycles. The second kappa shape index (κ2) is 8.15. The summed E-state index contributed by atoms with van der Waals surface area (Å²) < 4.78 is 5.86. The zero-order valence-corrected chi connectivity index (χ0v) is 15.2. The first-order valence-electron chi connectivity index (χ1n) is 8.05. The average molecular weight is 347 g/mol. The Morgan fingerprint density at radius 1 is 1.12 bits per heavy atom. The highest BCUT2D eigenvalue weighted by Gasteiger charge is 2.24. The van der Waals surface area contributed by atoms with Gasteiger partial charge in [0.15, 0.2) is 0 Å². The van der Waals surface area contributed by atoms with Crippen molar-refractivity contribution in [1.29, 1.82) is 0 Å². The van der Waals surface area contributed by atoms with Crippen LogP contribution in [0.15, 0.2) is 42.6 Å². The summed E-state index contributed by atoms with van der Waals surface area (Å²) in [6.45, 7) is 8.39. The first kappa shape index (κ1) is 18.3. The van der Waals surface area contributed by atoms with E-state index < -0.39 is 0 Å². The number of nitrogens with zero attached hydrogens (tertiary/aromatic N) is 2. The summed E-state index contributed by atoms with van der Waals surface area (Å²) in [5.41, 5.74) is 1.47. The molecule has 0 aliphatic rings. The molecule has 0 radical (unpaired) electrons. The number of hydrogen-bond acceptors (Lipinski definition) is 3. The van der Waals surface area contributed by atoms with Gasteiger partial charge in [0.25, 0.3) is 5.91 Å². The third kappa shape index (κ3) is 4.48. The van der Waals surface area contributed by atoms with E-state index in [1.807, 2.05) is 56.9 Å². The Bertz CT molecular complexity index is 676. The lowest BCUT2D eigenvalue weighted by atomic mass is 10.1. The molecular weight excluding hydrogens is 324 g/mol. The zero-order valence-electron chi connectivity index (χ0n) is 14.5. The molecule has 0 aliphatic heterocycles. The fraction of sp³-hybridized carbons (Fsp3) is 0.368. The molecule has 5 heteroatoms. The fourth-order valence-electron chi connectivity index (χ4n) is 2.63. The van der Waals surface area contributed by atoms with E-state index >= 15 is 0 Å². The van der Waals surface area contributed by atoms with Crippen molar-refractivity contribution in [2.75, 3.05) is 0 Å². The lowest BCUT2D eigenvalue weighted by Gasteiger charge is -2.31. The predicted octanol–water partition coefficient (Wildman–Crippen LogP) is 4.57. The molecule has 0 unspecified atom stereocenters. The summed E-state index contributed by atoms with van der Waals surface area (Å²) in [6, 6.07) is 11.1. The van der Waals surface area contributed by atoms with Crippen LogP contribution < -0.4 is 4.74 Å². The van der Waals surface area contributed by atoms with Crippen LogP contribution in [-0.4, -0.2) is 27.9 Å². The summed E-state index contributed by atoms with van der Waals surface area (Å²) in [7, 11) is 0. The second-order valence-electron chi connectivity index (χ2n) is 6.17. The van der Waals surface area contributed by atoms with Gasteiger partial charge in [-0.2, -0.15) is 0 Å². The van der Waals surface area contributed by atoms with Gasteiger partial charge >= 0.3 is 0 Å². The molecule has 2 rings (SSSR count). The van der Waals surface area contributed by atoms with Crippen LogP contribution >= 0.6 is 11.6 Å². The third-order valence-corrected chi connectivity index (χ3v) is 3.87. The number of rotatable bonds is 6. The molecule has 2 aromatic rings. The average Bonchev–Trinajstić information content (AvgIpc) is 2.54. The molecule has 0 fully saturated rings. The molecule has 128 valence electrons. The number of carbonyl (C=O) groups excluding carboxylic acids is 1. The number of benzene rings is 1. The van der Waals surface area contributed by atoms with Crippen LogP contribution in [0.5, 0.6) is 5.75 Å². The van der Waals surface area contributed by atoms with E-state index in [9.17, 15) is 4.79 Å². The number of ether oxygens (including phenoxy) is 1. The number of carbonyl (C=O) groups is 1. The minimum atomic E-state index is -0.0233. The topological polar surface area (TPSA) is 42.4 Å². The summed E-state index contributed by atoms with van der Waals surface area (Å²) >= 11 is 5.79. The van der Waals surface area contributed by atoms with Crippen LogP contribution in [0.4, 0.5) is 0 Å². The van der Waals surface area contributed by atoms with Gasteiger partial charge < -0.3 is 9.64 Å². The number of amides is 1. The molecule has 1 aromatic carbocycles. The number of para-hydroxylation sites is 1.